The molecule has 0 saturated heterocycles. The maximum absolute atomic E-state index is 13.3. The van der Waals surface area contributed by atoms with E-state index in [0.29, 0.717) is 11.4 Å². The molecule has 8 nitrogen and oxygen atoms in total. The van der Waals surface area contributed by atoms with E-state index in [-0.39, 0.29) is 29.9 Å². The highest BCUT2D eigenvalue weighted by Gasteiger charge is 2.35. The molecule has 0 spiro atoms. The maximum atomic E-state index is 13.3. The van der Waals surface area contributed by atoms with Crippen molar-refractivity contribution < 1.29 is 22.7 Å². The van der Waals surface area contributed by atoms with Gasteiger partial charge in [0, 0.05) is 13.1 Å². The number of hydrogen-bond donors (Lipinski definition) is 1. The molecule has 2 aromatic carbocycles. The van der Waals surface area contributed by atoms with Gasteiger partial charge in [0.25, 0.3) is 5.91 Å². The second kappa shape index (κ2) is 10.6. The van der Waals surface area contributed by atoms with Gasteiger partial charge in [0.1, 0.15) is 5.75 Å². The van der Waals surface area contributed by atoms with Crippen LogP contribution >= 0.6 is 0 Å². The molecule has 0 radical (unpaired) electrons. The molecule has 0 aromatic heterocycles. The summed E-state index contributed by atoms with van der Waals surface area (Å²) in [5.41, 5.74) is 2.35. The summed E-state index contributed by atoms with van der Waals surface area (Å²) in [6.45, 7) is 7.37. The average Bonchev–Trinajstić information content (AvgIpc) is 2.82. The van der Waals surface area contributed by atoms with E-state index in [4.69, 9.17) is 4.74 Å². The third-order valence-corrected chi connectivity index (χ3v) is 8.04. The molecule has 2 aromatic rings. The molecule has 1 aliphatic rings. The summed E-state index contributed by atoms with van der Waals surface area (Å²) in [6.07, 6.45) is 0.686. The number of likely N-dealkylation sites (N-methyl/N-ethyl adjacent to an activating group) is 1. The lowest BCUT2D eigenvalue weighted by molar-refractivity contribution is -0.129. The second-order valence-electron chi connectivity index (χ2n) is 8.61. The minimum atomic E-state index is -3.87. The molecule has 0 aliphatic carbocycles. The molecular formula is C25H33N3O5S. The number of sulfonamides is 1. The van der Waals surface area contributed by atoms with Gasteiger partial charge in [-0.2, -0.15) is 4.31 Å². The zero-order chi connectivity index (χ0) is 25.0. The molecule has 1 atom stereocenters. The first-order valence-electron chi connectivity index (χ1n) is 11.5. The first-order chi connectivity index (χ1) is 16.1. The number of para-hydroxylation sites is 2. The molecule has 1 unspecified atom stereocenters. The smallest absolute Gasteiger partial charge is 0.263 e. The van der Waals surface area contributed by atoms with Gasteiger partial charge in [-0.3, -0.25) is 9.59 Å². The fraction of sp³-hybridized carbons (Fsp3) is 0.440. The van der Waals surface area contributed by atoms with Crippen molar-refractivity contribution in [2.24, 2.45) is 0 Å². The summed E-state index contributed by atoms with van der Waals surface area (Å²) in [5, 5.41) is 2.96. The minimum absolute atomic E-state index is 0.000639. The minimum Gasteiger partial charge on any atom is -0.477 e. The van der Waals surface area contributed by atoms with Gasteiger partial charge in [0.15, 0.2) is 6.10 Å². The number of rotatable bonds is 8. The number of hydrogen-bond acceptors (Lipinski definition) is 5. The molecule has 3 rings (SSSR count). The van der Waals surface area contributed by atoms with Crippen molar-refractivity contribution in [3.8, 4) is 5.75 Å². The number of benzene rings is 2. The first kappa shape index (κ1) is 25.7. The van der Waals surface area contributed by atoms with Crippen LogP contribution in [0.3, 0.4) is 0 Å². The number of nitrogens with zero attached hydrogens (tertiary/aromatic N) is 2. The number of aryl methyl sites for hydroxylation is 2. The first-order valence-corrected chi connectivity index (χ1v) is 12.9. The van der Waals surface area contributed by atoms with E-state index in [1.165, 1.54) is 11.9 Å². The number of nitrogens with one attached hydrogen (secondary N) is 1. The normalized spacial score (nSPS) is 15.7. The lowest BCUT2D eigenvalue weighted by atomic mass is 10.1. The third kappa shape index (κ3) is 5.42. The largest absolute Gasteiger partial charge is 0.477 e. The summed E-state index contributed by atoms with van der Waals surface area (Å²) >= 11 is 0. The lowest BCUT2D eigenvalue weighted by Gasteiger charge is -2.35. The van der Waals surface area contributed by atoms with E-state index in [1.54, 1.807) is 42.5 Å². The van der Waals surface area contributed by atoms with Gasteiger partial charge in [-0.05, 0) is 62.1 Å². The van der Waals surface area contributed by atoms with Gasteiger partial charge >= 0.3 is 0 Å². The van der Waals surface area contributed by atoms with Gasteiger partial charge in [-0.1, -0.05) is 32.0 Å². The highest BCUT2D eigenvalue weighted by atomic mass is 32.2. The van der Waals surface area contributed by atoms with Crippen LogP contribution in [0.4, 0.5) is 5.69 Å². The third-order valence-electron chi connectivity index (χ3n) is 6.24. The van der Waals surface area contributed by atoms with Crippen LogP contribution in [0.5, 0.6) is 5.75 Å². The van der Waals surface area contributed by atoms with Crippen molar-refractivity contribution in [1.82, 2.24) is 9.62 Å². The lowest BCUT2D eigenvalue weighted by Crippen LogP contribution is -2.54. The van der Waals surface area contributed by atoms with Crippen molar-refractivity contribution in [2.45, 2.75) is 57.6 Å². The van der Waals surface area contributed by atoms with Crippen molar-refractivity contribution in [1.29, 1.82) is 0 Å². The average molecular weight is 488 g/mol. The van der Waals surface area contributed by atoms with Crippen molar-refractivity contribution >= 4 is 27.5 Å². The number of anilines is 1. The fourth-order valence-corrected chi connectivity index (χ4v) is 5.02. The Balaban J connectivity index is 1.82. The van der Waals surface area contributed by atoms with Crippen LogP contribution in [-0.2, 0) is 19.6 Å². The molecule has 1 N–H and O–H groups in total. The number of amides is 2. The van der Waals surface area contributed by atoms with E-state index in [2.05, 4.69) is 5.32 Å². The summed E-state index contributed by atoms with van der Waals surface area (Å²) < 4.78 is 33.1. The van der Waals surface area contributed by atoms with Gasteiger partial charge in [0.2, 0.25) is 15.9 Å². The SMILES string of the molecule is CCC(CC)NC(=O)C1CN(C(=O)CN(C)S(=O)(=O)c2ccc(C)c(C)c2)c2ccccc2O1. The predicted octanol–water partition coefficient (Wildman–Crippen LogP) is 3.02. The zero-order valence-corrected chi connectivity index (χ0v) is 21.2. The molecule has 0 saturated carbocycles. The van der Waals surface area contributed by atoms with Gasteiger partial charge < -0.3 is 15.0 Å². The Bertz CT molecular complexity index is 1160. The molecule has 34 heavy (non-hydrogen) atoms. The Kier molecular flexibility index (Phi) is 7.99. The monoisotopic (exact) mass is 487 g/mol. The predicted molar refractivity (Wildman–Crippen MR) is 131 cm³/mol. The molecule has 1 heterocycles. The van der Waals surface area contributed by atoms with Crippen LogP contribution in [0.1, 0.15) is 37.8 Å². The maximum Gasteiger partial charge on any atom is 0.263 e. The molecule has 0 fully saturated rings. The summed E-state index contributed by atoms with van der Waals surface area (Å²) in [5.74, 6) is -0.324. The Hall–Kier alpha value is -2.91. The van der Waals surface area contributed by atoms with E-state index < -0.39 is 22.0 Å². The standard InChI is InChI=1S/C25H33N3O5S/c1-6-19(7-2)26-25(30)23-15-28(21-10-8-9-11-22(21)33-23)24(29)16-27(5)34(31,32)20-13-12-17(3)18(4)14-20/h8-14,19,23H,6-7,15-16H2,1-5H3,(H,26,30). The fourth-order valence-electron chi connectivity index (χ4n) is 3.81. The topological polar surface area (TPSA) is 96.0 Å². The molecule has 2 amide bonds. The van der Waals surface area contributed by atoms with Crippen molar-refractivity contribution in [2.75, 3.05) is 25.0 Å². The number of fused-ring (bicyclic) bond motifs is 1. The van der Waals surface area contributed by atoms with Crippen LogP contribution in [0.15, 0.2) is 47.4 Å². The van der Waals surface area contributed by atoms with Crippen LogP contribution in [-0.4, -0.2) is 56.8 Å². The Morgan fingerprint density at radius 2 is 1.79 bits per heavy atom. The Morgan fingerprint density at radius 1 is 1.12 bits per heavy atom. The van der Waals surface area contributed by atoms with E-state index >= 15 is 0 Å². The highest BCUT2D eigenvalue weighted by Crippen LogP contribution is 2.33. The van der Waals surface area contributed by atoms with Gasteiger partial charge in [-0.15, -0.1) is 0 Å². The van der Waals surface area contributed by atoms with Crippen LogP contribution in [0.2, 0.25) is 0 Å². The molecule has 0 bridgehead atoms. The quantitative estimate of drug-likeness (QED) is 0.618. The van der Waals surface area contributed by atoms with E-state index in [0.717, 1.165) is 28.3 Å². The van der Waals surface area contributed by atoms with Crippen molar-refractivity contribution in [3.05, 3.63) is 53.6 Å². The molecule has 184 valence electrons. The zero-order valence-electron chi connectivity index (χ0n) is 20.4. The number of ether oxygens (including phenoxy) is 1. The number of carbonyl (C=O) groups is 2. The van der Waals surface area contributed by atoms with Crippen LogP contribution < -0.4 is 15.0 Å². The summed E-state index contributed by atoms with van der Waals surface area (Å²) in [7, 11) is -2.49. The highest BCUT2D eigenvalue weighted by molar-refractivity contribution is 7.89. The molecule has 1 aliphatic heterocycles. The van der Waals surface area contributed by atoms with E-state index in [1.807, 2.05) is 27.7 Å². The van der Waals surface area contributed by atoms with Gasteiger partial charge in [-0.25, -0.2) is 8.42 Å². The molecule has 9 heteroatoms. The second-order valence-corrected chi connectivity index (χ2v) is 10.7. The Morgan fingerprint density at radius 3 is 2.44 bits per heavy atom. The summed E-state index contributed by atoms with van der Waals surface area (Å²) in [6, 6.07) is 11.9. The van der Waals surface area contributed by atoms with E-state index in [9.17, 15) is 18.0 Å². The molecular weight excluding hydrogens is 454 g/mol. The van der Waals surface area contributed by atoms with Gasteiger partial charge in [0.05, 0.1) is 23.7 Å². The van der Waals surface area contributed by atoms with Crippen LogP contribution in [0.25, 0.3) is 0 Å². The Labute approximate surface area is 201 Å². The summed E-state index contributed by atoms with van der Waals surface area (Å²) in [4.78, 5) is 27.7. The van der Waals surface area contributed by atoms with Crippen LogP contribution in [0, 0.1) is 13.8 Å². The number of carbonyl (C=O) groups excluding carboxylic acids is 2. The van der Waals surface area contributed by atoms with Crippen molar-refractivity contribution in [3.63, 3.8) is 0 Å².